The molecule has 0 radical (unpaired) electrons. The molecule has 5 heteroatoms. The van der Waals surface area contributed by atoms with Gasteiger partial charge in [-0.1, -0.05) is 0 Å². The number of hydrogen-bond acceptors (Lipinski definition) is 4. The van der Waals surface area contributed by atoms with Gasteiger partial charge >= 0.3 is 0 Å². The highest BCUT2D eigenvalue weighted by Gasteiger charge is 2.10. The molecule has 1 N–H and O–H groups in total. The Morgan fingerprint density at radius 1 is 1.41 bits per heavy atom. The van der Waals surface area contributed by atoms with Gasteiger partial charge in [0.15, 0.2) is 0 Å². The van der Waals surface area contributed by atoms with Gasteiger partial charge in [0.2, 0.25) is 0 Å². The number of rotatable bonds is 5. The minimum Gasteiger partial charge on any atom is -0.496 e. The van der Waals surface area contributed by atoms with Crippen LogP contribution < -0.4 is 10.1 Å². The number of methoxy groups -OCH3 is 1. The molecule has 0 spiro atoms. The summed E-state index contributed by atoms with van der Waals surface area (Å²) in [6, 6.07) is 5.57. The van der Waals surface area contributed by atoms with Crippen molar-refractivity contribution >= 4 is 15.5 Å². The predicted molar refractivity (Wildman–Crippen MR) is 70.5 cm³/mol. The molecule has 0 bridgehead atoms. The number of aryl methyl sites for hydroxylation is 1. The van der Waals surface area contributed by atoms with Crippen molar-refractivity contribution in [3.8, 4) is 5.75 Å². The topological polar surface area (TPSA) is 55.4 Å². The maximum absolute atomic E-state index is 11.1. The lowest BCUT2D eigenvalue weighted by Crippen LogP contribution is -2.24. The van der Waals surface area contributed by atoms with Gasteiger partial charge in [-0.3, -0.25) is 0 Å². The number of anilines is 1. The molecule has 4 nitrogen and oxygen atoms in total. The van der Waals surface area contributed by atoms with Crippen LogP contribution in [0.15, 0.2) is 18.2 Å². The van der Waals surface area contributed by atoms with E-state index in [9.17, 15) is 8.42 Å². The zero-order valence-corrected chi connectivity index (χ0v) is 11.5. The van der Waals surface area contributed by atoms with E-state index in [4.69, 9.17) is 4.74 Å². The normalized spacial score (nSPS) is 13.2. The molecule has 0 aliphatic carbocycles. The first kappa shape index (κ1) is 13.8. The molecule has 0 amide bonds. The second-order valence-corrected chi connectivity index (χ2v) is 6.51. The van der Waals surface area contributed by atoms with Gasteiger partial charge in [0.1, 0.15) is 15.6 Å². The van der Waals surface area contributed by atoms with Crippen LogP contribution in [0.1, 0.15) is 12.5 Å². The summed E-state index contributed by atoms with van der Waals surface area (Å²) >= 11 is 0. The highest BCUT2D eigenvalue weighted by molar-refractivity contribution is 7.90. The smallest absolute Gasteiger partial charge is 0.149 e. The molecular weight excluding hydrogens is 238 g/mol. The van der Waals surface area contributed by atoms with Crippen LogP contribution in [0.5, 0.6) is 5.75 Å². The fourth-order valence-corrected chi connectivity index (χ4v) is 2.74. The SMILES string of the molecule is COc1ccc(NC(C)CS(C)(=O)=O)cc1C. The Labute approximate surface area is 103 Å². The summed E-state index contributed by atoms with van der Waals surface area (Å²) < 4.78 is 27.4. The van der Waals surface area contributed by atoms with Gasteiger partial charge < -0.3 is 10.1 Å². The van der Waals surface area contributed by atoms with Crippen LogP contribution in [0, 0.1) is 6.92 Å². The Balaban J connectivity index is 2.72. The summed E-state index contributed by atoms with van der Waals surface area (Å²) in [5.74, 6) is 0.948. The van der Waals surface area contributed by atoms with Crippen LogP contribution in [0.4, 0.5) is 5.69 Å². The number of ether oxygens (including phenoxy) is 1. The molecule has 96 valence electrons. The average molecular weight is 257 g/mol. The number of hydrogen-bond donors (Lipinski definition) is 1. The average Bonchev–Trinajstić information content (AvgIpc) is 2.14. The van der Waals surface area contributed by atoms with Crippen molar-refractivity contribution in [1.29, 1.82) is 0 Å². The van der Waals surface area contributed by atoms with Crippen molar-refractivity contribution in [3.63, 3.8) is 0 Å². The monoisotopic (exact) mass is 257 g/mol. The molecule has 17 heavy (non-hydrogen) atoms. The zero-order chi connectivity index (χ0) is 13.1. The minimum atomic E-state index is -2.95. The minimum absolute atomic E-state index is 0.113. The Morgan fingerprint density at radius 2 is 2.06 bits per heavy atom. The first-order valence-corrected chi connectivity index (χ1v) is 7.47. The summed E-state index contributed by atoms with van der Waals surface area (Å²) in [4.78, 5) is 0. The molecule has 0 aliphatic heterocycles. The third-order valence-electron chi connectivity index (χ3n) is 2.36. The maximum atomic E-state index is 11.1. The van der Waals surface area contributed by atoms with Crippen LogP contribution in [-0.2, 0) is 9.84 Å². The molecular formula is C12H19NO3S. The molecule has 0 heterocycles. The Bertz CT molecular complexity index is 483. The van der Waals surface area contributed by atoms with Crippen molar-refractivity contribution in [2.75, 3.05) is 24.4 Å². The van der Waals surface area contributed by atoms with Gasteiger partial charge in [0.05, 0.1) is 12.9 Å². The standard InChI is InChI=1S/C12H19NO3S/c1-9-7-11(5-6-12(9)16-3)13-10(2)8-17(4,14)15/h5-7,10,13H,8H2,1-4H3. The van der Waals surface area contributed by atoms with E-state index in [1.165, 1.54) is 6.26 Å². The molecule has 1 atom stereocenters. The van der Waals surface area contributed by atoms with E-state index in [0.717, 1.165) is 17.0 Å². The van der Waals surface area contributed by atoms with Crippen molar-refractivity contribution in [3.05, 3.63) is 23.8 Å². The van der Waals surface area contributed by atoms with Gasteiger partial charge in [-0.15, -0.1) is 0 Å². The number of benzene rings is 1. The van der Waals surface area contributed by atoms with E-state index >= 15 is 0 Å². The second-order valence-electron chi connectivity index (χ2n) is 4.32. The van der Waals surface area contributed by atoms with Crippen LogP contribution in [0.25, 0.3) is 0 Å². The van der Waals surface area contributed by atoms with Crippen molar-refractivity contribution in [2.45, 2.75) is 19.9 Å². The quantitative estimate of drug-likeness (QED) is 0.874. The predicted octanol–water partition coefficient (Wildman–Crippen LogP) is 1.85. The molecule has 0 aromatic heterocycles. The third kappa shape index (κ3) is 4.65. The number of nitrogens with one attached hydrogen (secondary N) is 1. The first-order valence-electron chi connectivity index (χ1n) is 5.40. The van der Waals surface area contributed by atoms with Gasteiger partial charge in [-0.25, -0.2) is 8.42 Å². The molecule has 0 saturated carbocycles. The largest absolute Gasteiger partial charge is 0.496 e. The van der Waals surface area contributed by atoms with Crippen LogP contribution in [-0.4, -0.2) is 33.6 Å². The highest BCUT2D eigenvalue weighted by Crippen LogP contribution is 2.21. The maximum Gasteiger partial charge on any atom is 0.149 e. The van der Waals surface area contributed by atoms with Crippen molar-refractivity contribution < 1.29 is 13.2 Å². The summed E-state index contributed by atoms with van der Waals surface area (Å²) in [7, 11) is -1.33. The summed E-state index contributed by atoms with van der Waals surface area (Å²) in [6.07, 6.45) is 1.24. The lowest BCUT2D eigenvalue weighted by molar-refractivity contribution is 0.412. The molecule has 1 aromatic carbocycles. The zero-order valence-electron chi connectivity index (χ0n) is 10.6. The first-order chi connectivity index (χ1) is 7.81. The highest BCUT2D eigenvalue weighted by atomic mass is 32.2. The van der Waals surface area contributed by atoms with Crippen molar-refractivity contribution in [2.24, 2.45) is 0 Å². The second kappa shape index (κ2) is 5.40. The lowest BCUT2D eigenvalue weighted by Gasteiger charge is -2.15. The van der Waals surface area contributed by atoms with Crippen LogP contribution in [0.3, 0.4) is 0 Å². The van der Waals surface area contributed by atoms with E-state index in [0.29, 0.717) is 0 Å². The molecule has 1 unspecified atom stereocenters. The third-order valence-corrected chi connectivity index (χ3v) is 3.47. The summed E-state index contributed by atoms with van der Waals surface area (Å²) in [5.41, 5.74) is 1.92. The van der Waals surface area contributed by atoms with E-state index in [-0.39, 0.29) is 11.8 Å². The number of sulfone groups is 1. The molecule has 0 fully saturated rings. The van der Waals surface area contributed by atoms with E-state index < -0.39 is 9.84 Å². The van der Waals surface area contributed by atoms with E-state index in [1.807, 2.05) is 32.0 Å². The van der Waals surface area contributed by atoms with Gasteiger partial charge in [0.25, 0.3) is 0 Å². The fraction of sp³-hybridized carbons (Fsp3) is 0.500. The van der Waals surface area contributed by atoms with Crippen LogP contribution in [0.2, 0.25) is 0 Å². The Kier molecular flexibility index (Phi) is 4.40. The van der Waals surface area contributed by atoms with Gasteiger partial charge in [0, 0.05) is 18.0 Å². The van der Waals surface area contributed by atoms with Crippen LogP contribution >= 0.6 is 0 Å². The Morgan fingerprint density at radius 3 is 2.53 bits per heavy atom. The summed E-state index contributed by atoms with van der Waals surface area (Å²) in [5, 5.41) is 3.16. The Hall–Kier alpha value is -1.23. The van der Waals surface area contributed by atoms with Crippen molar-refractivity contribution in [1.82, 2.24) is 0 Å². The molecule has 1 rings (SSSR count). The lowest BCUT2D eigenvalue weighted by atomic mass is 10.2. The van der Waals surface area contributed by atoms with E-state index in [1.54, 1.807) is 7.11 Å². The van der Waals surface area contributed by atoms with Gasteiger partial charge in [-0.2, -0.15) is 0 Å². The summed E-state index contributed by atoms with van der Waals surface area (Å²) in [6.45, 7) is 3.80. The molecule has 1 aromatic rings. The van der Waals surface area contributed by atoms with Gasteiger partial charge in [-0.05, 0) is 37.6 Å². The van der Waals surface area contributed by atoms with E-state index in [2.05, 4.69) is 5.32 Å². The molecule has 0 aliphatic rings. The molecule has 0 saturated heterocycles. The fourth-order valence-electron chi connectivity index (χ4n) is 1.75.